The van der Waals surface area contributed by atoms with Crippen molar-refractivity contribution < 1.29 is 0 Å². The Bertz CT molecular complexity index is 78.5. The molecule has 68 valence electrons. The van der Waals surface area contributed by atoms with Crippen molar-refractivity contribution in [1.82, 2.24) is 3.71 Å². The van der Waals surface area contributed by atoms with Gasteiger partial charge in [-0.3, -0.25) is 0 Å². The third-order valence-electron chi connectivity index (χ3n) is 1.44. The second kappa shape index (κ2) is 8.75. The summed E-state index contributed by atoms with van der Waals surface area (Å²) in [5, 5.41) is 0. The Morgan fingerprint density at radius 3 is 2.36 bits per heavy atom. The minimum atomic E-state index is 1.11. The van der Waals surface area contributed by atoms with Crippen LogP contribution >= 0.6 is 24.8 Å². The van der Waals surface area contributed by atoms with Crippen LogP contribution in [-0.4, -0.2) is 16.0 Å². The minimum Gasteiger partial charge on any atom is -0.197 e. The zero-order valence-electron chi connectivity index (χ0n) is 7.55. The smallest absolute Gasteiger partial charge is 0.0200 e. The fourth-order valence-electron chi connectivity index (χ4n) is 0.672. The van der Waals surface area contributed by atoms with Crippen molar-refractivity contribution >= 4 is 24.8 Å². The van der Waals surface area contributed by atoms with E-state index in [4.69, 9.17) is 0 Å². The standard InChI is InChI=1S/C8H19NS2/c1-3-5-7-9(10)11-8-6-4-2/h10H,3-8H2,1-2H3. The normalized spacial score (nSPS) is 10.9. The molecule has 0 saturated heterocycles. The molecule has 0 aliphatic rings. The molecule has 1 nitrogen and oxygen atoms in total. The first kappa shape index (κ1) is 11.7. The molecule has 0 spiro atoms. The van der Waals surface area contributed by atoms with Gasteiger partial charge >= 0.3 is 0 Å². The quantitative estimate of drug-likeness (QED) is 0.375. The molecule has 0 aromatic carbocycles. The van der Waals surface area contributed by atoms with Gasteiger partial charge in [0.15, 0.2) is 0 Å². The molecule has 3 heteroatoms. The predicted molar refractivity (Wildman–Crippen MR) is 58.0 cm³/mol. The number of thiol groups is 1. The maximum Gasteiger partial charge on any atom is 0.0200 e. The van der Waals surface area contributed by atoms with Gasteiger partial charge in [0.2, 0.25) is 0 Å². The lowest BCUT2D eigenvalue weighted by atomic mass is 10.3. The molecule has 0 N–H and O–H groups in total. The van der Waals surface area contributed by atoms with Gasteiger partial charge in [0.05, 0.1) is 0 Å². The first-order valence-electron chi connectivity index (χ1n) is 4.40. The van der Waals surface area contributed by atoms with Crippen LogP contribution in [0.3, 0.4) is 0 Å². The van der Waals surface area contributed by atoms with E-state index in [9.17, 15) is 0 Å². The van der Waals surface area contributed by atoms with Gasteiger partial charge in [-0.15, -0.1) is 0 Å². The fourth-order valence-corrected chi connectivity index (χ4v) is 1.95. The van der Waals surface area contributed by atoms with E-state index in [-0.39, 0.29) is 0 Å². The highest BCUT2D eigenvalue weighted by atomic mass is 32.2. The third kappa shape index (κ3) is 8.57. The molecule has 0 amide bonds. The Kier molecular flexibility index (Phi) is 9.28. The molecule has 11 heavy (non-hydrogen) atoms. The summed E-state index contributed by atoms with van der Waals surface area (Å²) in [4.78, 5) is 0. The van der Waals surface area contributed by atoms with Crippen LogP contribution in [-0.2, 0) is 0 Å². The van der Waals surface area contributed by atoms with Crippen molar-refractivity contribution in [3.8, 4) is 0 Å². The Hall–Kier alpha value is 0.660. The molecule has 0 rings (SSSR count). The molecule has 0 aromatic heterocycles. The van der Waals surface area contributed by atoms with Gasteiger partial charge in [0.25, 0.3) is 0 Å². The lowest BCUT2D eigenvalue weighted by Crippen LogP contribution is -2.04. The zero-order valence-corrected chi connectivity index (χ0v) is 9.26. The molecule has 0 atom stereocenters. The first-order valence-corrected chi connectivity index (χ1v) is 5.74. The molecule has 0 radical (unpaired) electrons. The van der Waals surface area contributed by atoms with Crippen LogP contribution in [0.1, 0.15) is 39.5 Å². The Balaban J connectivity index is 3.02. The summed E-state index contributed by atoms with van der Waals surface area (Å²) < 4.78 is 2.05. The van der Waals surface area contributed by atoms with Gasteiger partial charge in [-0.1, -0.05) is 51.5 Å². The molecule has 0 heterocycles. The van der Waals surface area contributed by atoms with E-state index >= 15 is 0 Å². The molecule has 0 saturated carbocycles. The van der Waals surface area contributed by atoms with Gasteiger partial charge in [0, 0.05) is 12.3 Å². The summed E-state index contributed by atoms with van der Waals surface area (Å²) in [7, 11) is 0. The largest absolute Gasteiger partial charge is 0.197 e. The summed E-state index contributed by atoms with van der Waals surface area (Å²) in [6.07, 6.45) is 5.09. The Morgan fingerprint density at radius 2 is 1.82 bits per heavy atom. The molecule has 0 unspecified atom stereocenters. The summed E-state index contributed by atoms with van der Waals surface area (Å²) in [6.45, 7) is 5.53. The average molecular weight is 193 g/mol. The van der Waals surface area contributed by atoms with Crippen molar-refractivity contribution in [3.63, 3.8) is 0 Å². The molecular weight excluding hydrogens is 174 g/mol. The summed E-state index contributed by atoms with van der Waals surface area (Å²) in [5.74, 6) is 1.21. The van der Waals surface area contributed by atoms with Crippen LogP contribution in [0.25, 0.3) is 0 Å². The highest BCUT2D eigenvalue weighted by molar-refractivity contribution is 8.05. The van der Waals surface area contributed by atoms with Crippen LogP contribution in [0.15, 0.2) is 0 Å². The van der Waals surface area contributed by atoms with Crippen LogP contribution in [0, 0.1) is 0 Å². The number of unbranched alkanes of at least 4 members (excludes halogenated alkanes) is 2. The minimum absolute atomic E-state index is 1.11. The van der Waals surface area contributed by atoms with E-state index in [2.05, 4.69) is 30.4 Å². The highest BCUT2D eigenvalue weighted by Crippen LogP contribution is 2.15. The van der Waals surface area contributed by atoms with Crippen molar-refractivity contribution in [2.24, 2.45) is 0 Å². The predicted octanol–water partition coefficient (Wildman–Crippen LogP) is 3.38. The number of hydrogen-bond donors (Lipinski definition) is 1. The van der Waals surface area contributed by atoms with E-state index in [0.717, 1.165) is 6.54 Å². The van der Waals surface area contributed by atoms with Gasteiger partial charge in [-0.05, 0) is 12.8 Å². The molecular formula is C8H19NS2. The molecule has 0 bridgehead atoms. The van der Waals surface area contributed by atoms with Gasteiger partial charge in [0.1, 0.15) is 0 Å². The highest BCUT2D eigenvalue weighted by Gasteiger charge is 1.97. The number of rotatable bonds is 7. The second-order valence-electron chi connectivity index (χ2n) is 2.62. The van der Waals surface area contributed by atoms with E-state index in [0.29, 0.717) is 0 Å². The van der Waals surface area contributed by atoms with Crippen molar-refractivity contribution in [2.75, 3.05) is 12.3 Å². The topological polar surface area (TPSA) is 3.24 Å². The third-order valence-corrected chi connectivity index (χ3v) is 2.94. The maximum absolute atomic E-state index is 4.33. The van der Waals surface area contributed by atoms with E-state index in [1.54, 1.807) is 0 Å². The molecule has 0 fully saturated rings. The summed E-state index contributed by atoms with van der Waals surface area (Å²) in [5.41, 5.74) is 0. The Labute approximate surface area is 80.6 Å². The fraction of sp³-hybridized carbons (Fsp3) is 1.00. The monoisotopic (exact) mass is 193 g/mol. The summed E-state index contributed by atoms with van der Waals surface area (Å²) >= 11 is 6.17. The van der Waals surface area contributed by atoms with Crippen LogP contribution in [0.2, 0.25) is 0 Å². The van der Waals surface area contributed by atoms with E-state index < -0.39 is 0 Å². The Morgan fingerprint density at radius 1 is 1.18 bits per heavy atom. The second-order valence-corrected chi connectivity index (χ2v) is 4.48. The summed E-state index contributed by atoms with van der Waals surface area (Å²) in [6, 6.07) is 0. The van der Waals surface area contributed by atoms with Crippen LogP contribution in [0.5, 0.6) is 0 Å². The van der Waals surface area contributed by atoms with Gasteiger partial charge < -0.3 is 0 Å². The van der Waals surface area contributed by atoms with E-state index in [1.165, 1.54) is 31.4 Å². The molecule has 0 aliphatic carbocycles. The van der Waals surface area contributed by atoms with Crippen molar-refractivity contribution in [3.05, 3.63) is 0 Å². The van der Waals surface area contributed by atoms with Gasteiger partial charge in [-0.2, -0.15) is 3.71 Å². The maximum atomic E-state index is 4.33. The average Bonchev–Trinajstić information content (AvgIpc) is 2.01. The number of nitrogens with zero attached hydrogens (tertiary/aromatic N) is 1. The zero-order chi connectivity index (χ0) is 8.53. The first-order chi connectivity index (χ1) is 5.31. The van der Waals surface area contributed by atoms with Crippen molar-refractivity contribution in [1.29, 1.82) is 0 Å². The van der Waals surface area contributed by atoms with Crippen LogP contribution in [0.4, 0.5) is 0 Å². The lowest BCUT2D eigenvalue weighted by Gasteiger charge is -2.12. The SMILES string of the molecule is CCCCSN(S)CCCC. The van der Waals surface area contributed by atoms with Gasteiger partial charge in [-0.25, -0.2) is 0 Å². The van der Waals surface area contributed by atoms with Crippen LogP contribution < -0.4 is 0 Å². The molecule has 0 aliphatic heterocycles. The molecule has 0 aromatic rings. The van der Waals surface area contributed by atoms with E-state index in [1.807, 2.05) is 11.9 Å². The number of hydrogen-bond acceptors (Lipinski definition) is 3. The van der Waals surface area contributed by atoms with Crippen molar-refractivity contribution in [2.45, 2.75) is 39.5 Å². The lowest BCUT2D eigenvalue weighted by molar-refractivity contribution is 0.664.